The molecule has 3 N–H and O–H groups in total. The van der Waals surface area contributed by atoms with Gasteiger partial charge in [-0.1, -0.05) is 17.7 Å². The van der Waals surface area contributed by atoms with Gasteiger partial charge in [-0.15, -0.1) is 0 Å². The summed E-state index contributed by atoms with van der Waals surface area (Å²) in [4.78, 5) is 8.81. The SMILES string of the molecule is C[C@H](NC1CCC(Nc2cc(-c3ccccn3)c(Cl)cn2)CC1)[C@@H](C)O. The quantitative estimate of drug-likeness (QED) is 0.715. The standard InChI is InChI=1S/C20H27ClN4O/c1-13(14(2)26)24-15-6-8-16(9-7-15)25-20-11-17(18(21)12-23-20)19-5-3-4-10-22-19/h3-5,10-16,24,26H,6-9H2,1-2H3,(H,23,25)/t13-,14+,15?,16?/m0/s1. The first-order chi connectivity index (χ1) is 12.5. The summed E-state index contributed by atoms with van der Waals surface area (Å²) in [6.07, 6.45) is 7.47. The second kappa shape index (κ2) is 8.80. The van der Waals surface area contributed by atoms with Gasteiger partial charge in [-0.25, -0.2) is 4.98 Å². The van der Waals surface area contributed by atoms with E-state index in [1.807, 2.05) is 38.1 Å². The summed E-state index contributed by atoms with van der Waals surface area (Å²) in [5.74, 6) is 0.837. The first-order valence-electron chi connectivity index (χ1n) is 9.30. The Kier molecular flexibility index (Phi) is 6.46. The van der Waals surface area contributed by atoms with Crippen molar-refractivity contribution >= 4 is 17.4 Å². The van der Waals surface area contributed by atoms with Gasteiger partial charge in [0.25, 0.3) is 0 Å². The van der Waals surface area contributed by atoms with Gasteiger partial charge in [-0.2, -0.15) is 0 Å². The van der Waals surface area contributed by atoms with Crippen molar-refractivity contribution in [1.29, 1.82) is 0 Å². The molecule has 0 aromatic carbocycles. The van der Waals surface area contributed by atoms with Crippen molar-refractivity contribution in [2.75, 3.05) is 5.32 Å². The Morgan fingerprint density at radius 3 is 2.50 bits per heavy atom. The molecule has 1 fully saturated rings. The second-order valence-electron chi connectivity index (χ2n) is 7.15. The number of aromatic nitrogens is 2. The van der Waals surface area contributed by atoms with E-state index in [1.165, 1.54) is 0 Å². The third-order valence-electron chi connectivity index (χ3n) is 5.10. The Balaban J connectivity index is 1.59. The fourth-order valence-corrected chi connectivity index (χ4v) is 3.56. The van der Waals surface area contributed by atoms with Gasteiger partial charge in [-0.05, 0) is 57.7 Å². The number of aliphatic hydroxyl groups is 1. The third kappa shape index (κ3) is 4.93. The number of rotatable bonds is 6. The minimum atomic E-state index is -0.325. The van der Waals surface area contributed by atoms with Crippen LogP contribution in [0, 0.1) is 0 Å². The van der Waals surface area contributed by atoms with Gasteiger partial charge in [-0.3, -0.25) is 4.98 Å². The summed E-state index contributed by atoms with van der Waals surface area (Å²) in [5.41, 5.74) is 1.74. The van der Waals surface area contributed by atoms with Crippen LogP contribution < -0.4 is 10.6 Å². The van der Waals surface area contributed by atoms with E-state index in [-0.39, 0.29) is 12.1 Å². The molecule has 2 aromatic rings. The number of anilines is 1. The van der Waals surface area contributed by atoms with Crippen molar-refractivity contribution in [3.63, 3.8) is 0 Å². The predicted octanol–water partition coefficient (Wildman–Crippen LogP) is 3.88. The maximum atomic E-state index is 9.64. The molecule has 140 valence electrons. The lowest BCUT2D eigenvalue weighted by molar-refractivity contribution is 0.140. The lowest BCUT2D eigenvalue weighted by Gasteiger charge is -2.32. The molecular weight excluding hydrogens is 348 g/mol. The Morgan fingerprint density at radius 1 is 1.12 bits per heavy atom. The van der Waals surface area contributed by atoms with Crippen LogP contribution >= 0.6 is 11.6 Å². The monoisotopic (exact) mass is 374 g/mol. The first kappa shape index (κ1) is 19.1. The van der Waals surface area contributed by atoms with Crippen molar-refractivity contribution in [2.45, 2.75) is 63.8 Å². The molecule has 2 heterocycles. The van der Waals surface area contributed by atoms with Crippen molar-refractivity contribution < 1.29 is 5.11 Å². The molecule has 5 nitrogen and oxygen atoms in total. The largest absolute Gasteiger partial charge is 0.392 e. The van der Waals surface area contributed by atoms with Crippen LogP contribution in [0.2, 0.25) is 5.02 Å². The number of halogens is 1. The molecule has 6 heteroatoms. The molecule has 3 rings (SSSR count). The van der Waals surface area contributed by atoms with E-state index < -0.39 is 0 Å². The molecule has 0 amide bonds. The molecule has 0 bridgehead atoms. The summed E-state index contributed by atoms with van der Waals surface area (Å²) in [6.45, 7) is 3.86. The Bertz CT molecular complexity index is 702. The minimum Gasteiger partial charge on any atom is -0.392 e. The van der Waals surface area contributed by atoms with Crippen LogP contribution in [0.25, 0.3) is 11.3 Å². The maximum Gasteiger partial charge on any atom is 0.126 e. The molecule has 0 radical (unpaired) electrons. The van der Waals surface area contributed by atoms with Gasteiger partial charge >= 0.3 is 0 Å². The zero-order chi connectivity index (χ0) is 18.5. The minimum absolute atomic E-state index is 0.128. The van der Waals surface area contributed by atoms with E-state index in [2.05, 4.69) is 20.6 Å². The molecule has 2 aromatic heterocycles. The molecule has 1 aliphatic rings. The van der Waals surface area contributed by atoms with Crippen molar-refractivity contribution in [1.82, 2.24) is 15.3 Å². The summed E-state index contributed by atoms with van der Waals surface area (Å²) >= 11 is 6.31. The van der Waals surface area contributed by atoms with E-state index in [0.717, 1.165) is 42.8 Å². The zero-order valence-electron chi connectivity index (χ0n) is 15.3. The van der Waals surface area contributed by atoms with E-state index in [1.54, 1.807) is 12.4 Å². The van der Waals surface area contributed by atoms with Gasteiger partial charge in [0.15, 0.2) is 0 Å². The number of nitrogens with one attached hydrogen (secondary N) is 2. The van der Waals surface area contributed by atoms with Crippen LogP contribution in [-0.4, -0.2) is 39.3 Å². The topological polar surface area (TPSA) is 70.1 Å². The Labute approximate surface area is 160 Å². The molecule has 0 aliphatic heterocycles. The van der Waals surface area contributed by atoms with Gasteiger partial charge in [0.1, 0.15) is 5.82 Å². The van der Waals surface area contributed by atoms with Gasteiger partial charge < -0.3 is 15.7 Å². The van der Waals surface area contributed by atoms with E-state index >= 15 is 0 Å². The lowest BCUT2D eigenvalue weighted by Crippen LogP contribution is -2.45. The number of aliphatic hydroxyl groups excluding tert-OH is 1. The van der Waals surface area contributed by atoms with E-state index in [9.17, 15) is 5.11 Å². The summed E-state index contributed by atoms with van der Waals surface area (Å²) < 4.78 is 0. The van der Waals surface area contributed by atoms with Crippen LogP contribution in [0.15, 0.2) is 36.7 Å². The normalized spacial score (nSPS) is 22.6. The van der Waals surface area contributed by atoms with E-state index in [4.69, 9.17) is 11.6 Å². The molecule has 0 unspecified atom stereocenters. The Hall–Kier alpha value is -1.69. The number of nitrogens with zero attached hydrogens (tertiary/aromatic N) is 2. The molecule has 26 heavy (non-hydrogen) atoms. The highest BCUT2D eigenvalue weighted by Crippen LogP contribution is 2.29. The summed E-state index contributed by atoms with van der Waals surface area (Å²) in [5, 5.41) is 17.3. The number of hydrogen-bond donors (Lipinski definition) is 3. The van der Waals surface area contributed by atoms with Crippen LogP contribution in [-0.2, 0) is 0 Å². The highest BCUT2D eigenvalue weighted by Gasteiger charge is 2.23. The Morgan fingerprint density at radius 2 is 1.85 bits per heavy atom. The molecular formula is C20H27ClN4O. The average Bonchev–Trinajstić information content (AvgIpc) is 2.65. The van der Waals surface area contributed by atoms with Crippen LogP contribution in [0.5, 0.6) is 0 Å². The first-order valence-corrected chi connectivity index (χ1v) is 9.68. The van der Waals surface area contributed by atoms with Crippen LogP contribution in [0.3, 0.4) is 0 Å². The van der Waals surface area contributed by atoms with Crippen molar-refractivity contribution in [3.05, 3.63) is 41.7 Å². The van der Waals surface area contributed by atoms with Crippen LogP contribution in [0.4, 0.5) is 5.82 Å². The van der Waals surface area contributed by atoms with Gasteiger partial charge in [0, 0.05) is 36.1 Å². The fourth-order valence-electron chi connectivity index (χ4n) is 3.36. The highest BCUT2D eigenvalue weighted by molar-refractivity contribution is 6.33. The molecule has 2 atom stereocenters. The fraction of sp³-hybridized carbons (Fsp3) is 0.500. The summed E-state index contributed by atoms with van der Waals surface area (Å²) in [7, 11) is 0. The highest BCUT2D eigenvalue weighted by atomic mass is 35.5. The second-order valence-corrected chi connectivity index (χ2v) is 7.56. The van der Waals surface area contributed by atoms with Crippen molar-refractivity contribution in [2.24, 2.45) is 0 Å². The smallest absolute Gasteiger partial charge is 0.126 e. The molecule has 1 aliphatic carbocycles. The van der Waals surface area contributed by atoms with Crippen LogP contribution in [0.1, 0.15) is 39.5 Å². The average molecular weight is 375 g/mol. The molecule has 1 saturated carbocycles. The summed E-state index contributed by atoms with van der Waals surface area (Å²) in [6, 6.07) is 8.77. The molecule has 0 spiro atoms. The zero-order valence-corrected chi connectivity index (χ0v) is 16.1. The van der Waals surface area contributed by atoms with E-state index in [0.29, 0.717) is 17.1 Å². The molecule has 0 saturated heterocycles. The van der Waals surface area contributed by atoms with Gasteiger partial charge in [0.05, 0.1) is 16.8 Å². The number of pyridine rings is 2. The predicted molar refractivity (Wildman–Crippen MR) is 106 cm³/mol. The lowest BCUT2D eigenvalue weighted by atomic mass is 9.90. The van der Waals surface area contributed by atoms with Crippen molar-refractivity contribution in [3.8, 4) is 11.3 Å². The number of hydrogen-bond acceptors (Lipinski definition) is 5. The maximum absolute atomic E-state index is 9.64. The van der Waals surface area contributed by atoms with Gasteiger partial charge in [0.2, 0.25) is 0 Å². The third-order valence-corrected chi connectivity index (χ3v) is 5.40.